The molecule has 0 unspecified atom stereocenters. The lowest BCUT2D eigenvalue weighted by Crippen LogP contribution is -2.47. The molecule has 7 heteroatoms. The van der Waals surface area contributed by atoms with E-state index in [0.717, 1.165) is 12.8 Å². The maximum atomic E-state index is 12.0. The highest BCUT2D eigenvalue weighted by Crippen LogP contribution is 2.53. The van der Waals surface area contributed by atoms with Crippen LogP contribution >= 0.6 is 0 Å². The highest BCUT2D eigenvalue weighted by Gasteiger charge is 2.57. The van der Waals surface area contributed by atoms with Gasteiger partial charge < -0.3 is 10.1 Å². The number of rotatable bonds is 4. The zero-order valence-corrected chi connectivity index (χ0v) is 14.0. The van der Waals surface area contributed by atoms with Gasteiger partial charge in [0.05, 0.1) is 11.4 Å². The molecule has 0 aromatic heterocycles. The van der Waals surface area contributed by atoms with Gasteiger partial charge >= 0.3 is 6.09 Å². The molecule has 2 fully saturated rings. The summed E-state index contributed by atoms with van der Waals surface area (Å²) >= 11 is 0. The summed E-state index contributed by atoms with van der Waals surface area (Å²) in [6, 6.07) is 0. The van der Waals surface area contributed by atoms with E-state index in [2.05, 4.69) is 5.32 Å². The van der Waals surface area contributed by atoms with Gasteiger partial charge in [-0.2, -0.15) is 8.42 Å². The zero-order chi connectivity index (χ0) is 15.9. The second kappa shape index (κ2) is 5.12. The van der Waals surface area contributed by atoms with Gasteiger partial charge in [-0.3, -0.25) is 4.18 Å². The lowest BCUT2D eigenvalue weighted by molar-refractivity contribution is 0.0458. The first-order valence-electron chi connectivity index (χ1n) is 7.43. The molecule has 122 valence electrons. The standard InChI is InChI=1S/C14H25NO5S/c1-5-21(17,18)20-14-8-6-13(10-14,7-9-14)15-11(16)19-12(2,3)4/h5-10H2,1-4H3,(H,15,16). The number of carbonyl (C=O) groups is 1. The van der Waals surface area contributed by atoms with Crippen LogP contribution in [0.4, 0.5) is 4.79 Å². The molecule has 2 aliphatic rings. The molecule has 0 atom stereocenters. The van der Waals surface area contributed by atoms with E-state index in [1.807, 2.05) is 20.8 Å². The van der Waals surface area contributed by atoms with Gasteiger partial charge in [0, 0.05) is 12.0 Å². The third-order valence-electron chi connectivity index (χ3n) is 4.20. The molecule has 0 aliphatic heterocycles. The fourth-order valence-corrected chi connectivity index (χ4v) is 4.17. The normalized spacial score (nSPS) is 32.2. The Kier molecular flexibility index (Phi) is 4.04. The first kappa shape index (κ1) is 16.5. The Bertz CT molecular complexity index is 512. The van der Waals surface area contributed by atoms with Crippen molar-refractivity contribution in [1.29, 1.82) is 0 Å². The van der Waals surface area contributed by atoms with Crippen molar-refractivity contribution >= 4 is 16.2 Å². The number of carbonyl (C=O) groups excluding carboxylic acids is 1. The van der Waals surface area contributed by atoms with Gasteiger partial charge in [0.2, 0.25) is 0 Å². The number of amides is 1. The van der Waals surface area contributed by atoms with Gasteiger partial charge in [-0.25, -0.2) is 4.79 Å². The average Bonchev–Trinajstić information content (AvgIpc) is 2.80. The van der Waals surface area contributed by atoms with Crippen LogP contribution in [0.15, 0.2) is 0 Å². The Balaban J connectivity index is 2.01. The molecule has 0 aromatic carbocycles. The van der Waals surface area contributed by atoms with Crippen LogP contribution in [0.3, 0.4) is 0 Å². The minimum absolute atomic E-state index is 0.0265. The van der Waals surface area contributed by atoms with Crippen LogP contribution in [0.25, 0.3) is 0 Å². The molecular formula is C14H25NO5S. The van der Waals surface area contributed by atoms with Crippen molar-refractivity contribution < 1.29 is 22.1 Å². The summed E-state index contributed by atoms with van der Waals surface area (Å²) in [5, 5.41) is 2.93. The van der Waals surface area contributed by atoms with Crippen molar-refractivity contribution in [3.8, 4) is 0 Å². The van der Waals surface area contributed by atoms with E-state index < -0.39 is 27.4 Å². The predicted octanol–water partition coefficient (Wildman–Crippen LogP) is 2.33. The van der Waals surface area contributed by atoms with Crippen LogP contribution in [0.1, 0.15) is 59.8 Å². The van der Waals surface area contributed by atoms with Crippen molar-refractivity contribution in [1.82, 2.24) is 5.32 Å². The van der Waals surface area contributed by atoms with Gasteiger partial charge in [0.25, 0.3) is 10.1 Å². The van der Waals surface area contributed by atoms with Crippen molar-refractivity contribution in [3.63, 3.8) is 0 Å². The summed E-state index contributed by atoms with van der Waals surface area (Å²) < 4.78 is 34.1. The quantitative estimate of drug-likeness (QED) is 0.804. The molecule has 0 heterocycles. The third-order valence-corrected chi connectivity index (χ3v) is 5.52. The van der Waals surface area contributed by atoms with Crippen LogP contribution < -0.4 is 5.32 Å². The molecule has 21 heavy (non-hydrogen) atoms. The number of alkyl carbamates (subject to hydrolysis) is 1. The molecule has 0 spiro atoms. The van der Waals surface area contributed by atoms with E-state index in [4.69, 9.17) is 8.92 Å². The van der Waals surface area contributed by atoms with Crippen LogP contribution in [0, 0.1) is 0 Å². The van der Waals surface area contributed by atoms with Gasteiger partial charge in [-0.1, -0.05) is 0 Å². The van der Waals surface area contributed by atoms with Gasteiger partial charge in [0.15, 0.2) is 0 Å². The van der Waals surface area contributed by atoms with Gasteiger partial charge in [-0.05, 0) is 53.4 Å². The van der Waals surface area contributed by atoms with Crippen LogP contribution in [-0.4, -0.2) is 37.0 Å². The molecule has 0 saturated heterocycles. The van der Waals surface area contributed by atoms with Crippen molar-refractivity contribution in [3.05, 3.63) is 0 Å². The summed E-state index contributed by atoms with van der Waals surface area (Å²) in [4.78, 5) is 12.0. The number of fused-ring (bicyclic) bond motifs is 2. The van der Waals surface area contributed by atoms with Crippen LogP contribution in [0.2, 0.25) is 0 Å². The highest BCUT2D eigenvalue weighted by molar-refractivity contribution is 7.86. The summed E-state index contributed by atoms with van der Waals surface area (Å²) in [5.41, 5.74) is -1.56. The number of hydrogen-bond acceptors (Lipinski definition) is 5. The van der Waals surface area contributed by atoms with E-state index in [0.29, 0.717) is 19.3 Å². The Morgan fingerprint density at radius 3 is 2.24 bits per heavy atom. The topological polar surface area (TPSA) is 81.7 Å². The Hall–Kier alpha value is -0.820. The average molecular weight is 319 g/mol. The maximum Gasteiger partial charge on any atom is 0.408 e. The van der Waals surface area contributed by atoms with Gasteiger partial charge in [0.1, 0.15) is 5.60 Å². The van der Waals surface area contributed by atoms with Crippen molar-refractivity contribution in [2.75, 3.05) is 5.75 Å². The van der Waals surface area contributed by atoms with Crippen LogP contribution in [0.5, 0.6) is 0 Å². The fraction of sp³-hybridized carbons (Fsp3) is 0.929. The third kappa shape index (κ3) is 3.88. The van der Waals surface area contributed by atoms with E-state index in [-0.39, 0.29) is 11.3 Å². The fourth-order valence-electron chi connectivity index (χ4n) is 3.28. The number of hydrogen-bond donors (Lipinski definition) is 1. The minimum atomic E-state index is -3.47. The summed E-state index contributed by atoms with van der Waals surface area (Å²) in [6.45, 7) is 7.01. The first-order valence-corrected chi connectivity index (χ1v) is 9.01. The van der Waals surface area contributed by atoms with Gasteiger partial charge in [-0.15, -0.1) is 0 Å². The molecule has 1 N–H and O–H groups in total. The number of nitrogens with one attached hydrogen (secondary N) is 1. The molecule has 2 rings (SSSR count). The molecular weight excluding hydrogens is 294 g/mol. The lowest BCUT2D eigenvalue weighted by Gasteiger charge is -2.29. The summed E-state index contributed by atoms with van der Waals surface area (Å²) in [7, 11) is -3.47. The zero-order valence-electron chi connectivity index (χ0n) is 13.2. The second-order valence-electron chi connectivity index (χ2n) is 7.20. The Morgan fingerprint density at radius 2 is 1.76 bits per heavy atom. The van der Waals surface area contributed by atoms with E-state index >= 15 is 0 Å². The molecule has 0 aromatic rings. The molecule has 2 bridgehead atoms. The molecule has 0 radical (unpaired) electrons. The monoisotopic (exact) mass is 319 g/mol. The molecule has 6 nitrogen and oxygen atoms in total. The minimum Gasteiger partial charge on any atom is -0.444 e. The summed E-state index contributed by atoms with van der Waals surface area (Å²) in [5.74, 6) is -0.0265. The molecule has 1 amide bonds. The first-order chi connectivity index (χ1) is 9.49. The van der Waals surface area contributed by atoms with E-state index in [1.54, 1.807) is 6.92 Å². The Labute approximate surface area is 126 Å². The van der Waals surface area contributed by atoms with E-state index in [1.165, 1.54) is 0 Å². The highest BCUT2D eigenvalue weighted by atomic mass is 32.2. The summed E-state index contributed by atoms with van der Waals surface area (Å²) in [6.07, 6.45) is 2.86. The van der Waals surface area contributed by atoms with Crippen LogP contribution in [-0.2, 0) is 19.0 Å². The largest absolute Gasteiger partial charge is 0.444 e. The van der Waals surface area contributed by atoms with E-state index in [9.17, 15) is 13.2 Å². The molecule has 2 aliphatic carbocycles. The Morgan fingerprint density at radius 1 is 1.19 bits per heavy atom. The SMILES string of the molecule is CCS(=O)(=O)OC12CCC(NC(=O)OC(C)(C)C)(CC1)C2. The predicted molar refractivity (Wildman–Crippen MR) is 78.5 cm³/mol. The smallest absolute Gasteiger partial charge is 0.408 e. The molecule has 2 saturated carbocycles. The maximum absolute atomic E-state index is 12.0. The van der Waals surface area contributed by atoms with Crippen molar-refractivity contribution in [2.45, 2.75) is 76.5 Å². The van der Waals surface area contributed by atoms with Crippen molar-refractivity contribution in [2.24, 2.45) is 0 Å². The lowest BCUT2D eigenvalue weighted by atomic mass is 9.93. The number of ether oxygens (including phenoxy) is 1. The second-order valence-corrected chi connectivity index (χ2v) is 9.06.